The Bertz CT molecular complexity index is 785. The minimum atomic E-state index is 0. The Morgan fingerprint density at radius 1 is 1.28 bits per heavy atom. The molecule has 0 spiro atoms. The van der Waals surface area contributed by atoms with Gasteiger partial charge in [-0.1, -0.05) is 35.5 Å². The Morgan fingerprint density at radius 2 is 2.08 bits per heavy atom. The molecule has 25 heavy (non-hydrogen) atoms. The summed E-state index contributed by atoms with van der Waals surface area (Å²) < 4.78 is 4.82. The van der Waals surface area contributed by atoms with Gasteiger partial charge in [-0.3, -0.25) is 4.99 Å². The number of nitrogens with zero attached hydrogens (tertiary/aromatic N) is 4. The second kappa shape index (κ2) is 9.21. The first-order valence-electron chi connectivity index (χ1n) is 7.66. The van der Waals surface area contributed by atoms with Crippen molar-refractivity contribution in [3.8, 4) is 11.3 Å². The van der Waals surface area contributed by atoms with Crippen molar-refractivity contribution in [1.82, 2.24) is 25.3 Å². The molecule has 0 aliphatic heterocycles. The topological polar surface area (TPSA) is 82.3 Å². The molecule has 0 saturated heterocycles. The van der Waals surface area contributed by atoms with Gasteiger partial charge in [0.25, 0.3) is 0 Å². The summed E-state index contributed by atoms with van der Waals surface area (Å²) in [6, 6.07) is 12.0. The van der Waals surface area contributed by atoms with Crippen molar-refractivity contribution >= 4 is 29.9 Å². The van der Waals surface area contributed by atoms with E-state index in [2.05, 4.69) is 37.6 Å². The van der Waals surface area contributed by atoms with Gasteiger partial charge in [-0.15, -0.1) is 24.0 Å². The van der Waals surface area contributed by atoms with Crippen LogP contribution in [-0.4, -0.2) is 40.1 Å². The Morgan fingerprint density at radius 3 is 2.76 bits per heavy atom. The van der Waals surface area contributed by atoms with Crippen LogP contribution in [0.15, 0.2) is 58.4 Å². The Kier molecular flexibility index (Phi) is 6.99. The highest BCUT2D eigenvalue weighted by Crippen LogP contribution is 2.16. The Hall–Kier alpha value is -2.36. The number of hydrogen-bond donors (Lipinski definition) is 2. The minimum absolute atomic E-state index is 0. The van der Waals surface area contributed by atoms with Crippen molar-refractivity contribution in [2.45, 2.75) is 13.1 Å². The normalized spacial score (nSPS) is 11.0. The van der Waals surface area contributed by atoms with E-state index in [1.165, 1.54) is 0 Å². The van der Waals surface area contributed by atoms with Gasteiger partial charge in [-0.25, -0.2) is 4.98 Å². The highest BCUT2D eigenvalue weighted by molar-refractivity contribution is 14.0. The van der Waals surface area contributed by atoms with E-state index in [1.807, 2.05) is 42.4 Å². The van der Waals surface area contributed by atoms with E-state index >= 15 is 0 Å². The van der Waals surface area contributed by atoms with Gasteiger partial charge in [0.1, 0.15) is 17.8 Å². The summed E-state index contributed by atoms with van der Waals surface area (Å²) in [5.74, 6) is 1.64. The van der Waals surface area contributed by atoms with E-state index in [4.69, 9.17) is 4.52 Å². The summed E-state index contributed by atoms with van der Waals surface area (Å²) in [5, 5.41) is 7.12. The molecule has 2 N–H and O–H groups in total. The molecule has 2 aromatic heterocycles. The number of imidazole rings is 1. The van der Waals surface area contributed by atoms with Gasteiger partial charge in [0.2, 0.25) is 0 Å². The number of H-pyrrole nitrogens is 1. The van der Waals surface area contributed by atoms with Gasteiger partial charge in [-0.05, 0) is 5.56 Å². The SMILES string of the molecule is CN=C(NCc1ccon1)N(C)Cc1ncc(-c2ccccc2)[nH]1.I. The van der Waals surface area contributed by atoms with Crippen LogP contribution in [0.1, 0.15) is 11.5 Å². The molecule has 0 unspecified atom stereocenters. The maximum absolute atomic E-state index is 4.82. The molecule has 0 aliphatic carbocycles. The summed E-state index contributed by atoms with van der Waals surface area (Å²) in [4.78, 5) is 14.1. The lowest BCUT2D eigenvalue weighted by Crippen LogP contribution is -2.38. The Balaban J connectivity index is 0.00000225. The zero-order valence-electron chi connectivity index (χ0n) is 14.1. The number of aromatic amines is 1. The first-order valence-corrected chi connectivity index (χ1v) is 7.66. The van der Waals surface area contributed by atoms with Crippen LogP contribution in [0.25, 0.3) is 11.3 Å². The molecule has 0 radical (unpaired) electrons. The van der Waals surface area contributed by atoms with E-state index in [0.29, 0.717) is 13.1 Å². The molecule has 0 fully saturated rings. The summed E-state index contributed by atoms with van der Waals surface area (Å²) >= 11 is 0. The molecule has 0 bridgehead atoms. The van der Waals surface area contributed by atoms with Crippen LogP contribution in [0, 0.1) is 0 Å². The van der Waals surface area contributed by atoms with Crippen molar-refractivity contribution in [3.63, 3.8) is 0 Å². The van der Waals surface area contributed by atoms with Gasteiger partial charge in [0.15, 0.2) is 5.96 Å². The number of halogens is 1. The lowest BCUT2D eigenvalue weighted by molar-refractivity contribution is 0.408. The van der Waals surface area contributed by atoms with Crippen molar-refractivity contribution in [3.05, 3.63) is 60.4 Å². The summed E-state index contributed by atoms with van der Waals surface area (Å²) in [5.41, 5.74) is 2.95. The molecule has 0 saturated carbocycles. The van der Waals surface area contributed by atoms with Gasteiger partial charge >= 0.3 is 0 Å². The molecular weight excluding hydrogens is 431 g/mol. The lowest BCUT2D eigenvalue weighted by atomic mass is 10.2. The molecular formula is C17H21IN6O. The number of rotatable bonds is 5. The number of hydrogen-bond acceptors (Lipinski definition) is 4. The fourth-order valence-corrected chi connectivity index (χ4v) is 2.39. The highest BCUT2D eigenvalue weighted by Gasteiger charge is 2.10. The molecule has 0 atom stereocenters. The third-order valence-electron chi connectivity index (χ3n) is 3.59. The third kappa shape index (κ3) is 5.05. The molecule has 132 valence electrons. The van der Waals surface area contributed by atoms with Gasteiger partial charge in [-0.2, -0.15) is 0 Å². The van der Waals surface area contributed by atoms with Crippen LogP contribution in [0.5, 0.6) is 0 Å². The second-order valence-electron chi connectivity index (χ2n) is 5.36. The van der Waals surface area contributed by atoms with Crippen LogP contribution >= 0.6 is 24.0 Å². The highest BCUT2D eigenvalue weighted by atomic mass is 127. The number of nitrogens with one attached hydrogen (secondary N) is 2. The van der Waals surface area contributed by atoms with E-state index in [9.17, 15) is 0 Å². The first-order chi connectivity index (χ1) is 11.8. The largest absolute Gasteiger partial charge is 0.364 e. The molecule has 7 nitrogen and oxygen atoms in total. The zero-order valence-corrected chi connectivity index (χ0v) is 16.5. The van der Waals surface area contributed by atoms with E-state index in [1.54, 1.807) is 13.3 Å². The second-order valence-corrected chi connectivity index (χ2v) is 5.36. The van der Waals surface area contributed by atoms with Gasteiger partial charge < -0.3 is 19.7 Å². The third-order valence-corrected chi connectivity index (χ3v) is 3.59. The minimum Gasteiger partial charge on any atom is -0.364 e. The maximum Gasteiger partial charge on any atom is 0.194 e. The number of benzene rings is 1. The molecule has 3 aromatic rings. The molecule has 2 heterocycles. The molecule has 0 amide bonds. The summed E-state index contributed by atoms with van der Waals surface area (Å²) in [6.45, 7) is 1.17. The van der Waals surface area contributed by atoms with Crippen molar-refractivity contribution < 1.29 is 4.52 Å². The maximum atomic E-state index is 4.82. The average molecular weight is 452 g/mol. The van der Waals surface area contributed by atoms with Gasteiger partial charge in [0.05, 0.1) is 25.0 Å². The van der Waals surface area contributed by atoms with Gasteiger partial charge in [0, 0.05) is 20.2 Å². The standard InChI is InChI=1S/C17H20N6O.HI/c1-18-17(20-10-14-8-9-24-22-14)23(2)12-16-19-11-15(21-16)13-6-4-3-5-7-13;/h3-9,11H,10,12H2,1-2H3,(H,18,20)(H,19,21);1H. The smallest absolute Gasteiger partial charge is 0.194 e. The molecule has 0 aliphatic rings. The van der Waals surface area contributed by atoms with Crippen LogP contribution in [-0.2, 0) is 13.1 Å². The van der Waals surface area contributed by atoms with E-state index < -0.39 is 0 Å². The van der Waals surface area contributed by atoms with E-state index in [0.717, 1.165) is 28.7 Å². The predicted octanol–water partition coefficient (Wildman–Crippen LogP) is 2.89. The van der Waals surface area contributed by atoms with Crippen LogP contribution in [0.3, 0.4) is 0 Å². The van der Waals surface area contributed by atoms with E-state index in [-0.39, 0.29) is 24.0 Å². The van der Waals surface area contributed by atoms with Crippen molar-refractivity contribution in [1.29, 1.82) is 0 Å². The number of aromatic nitrogens is 3. The van der Waals surface area contributed by atoms with Crippen molar-refractivity contribution in [2.24, 2.45) is 4.99 Å². The monoisotopic (exact) mass is 452 g/mol. The number of guanidine groups is 1. The number of aliphatic imine (C=N–C) groups is 1. The fourth-order valence-electron chi connectivity index (χ4n) is 2.39. The fraction of sp³-hybridized carbons (Fsp3) is 0.235. The summed E-state index contributed by atoms with van der Waals surface area (Å²) in [7, 11) is 3.71. The average Bonchev–Trinajstić information content (AvgIpc) is 3.28. The molecule has 3 rings (SSSR count). The van der Waals surface area contributed by atoms with Crippen LogP contribution in [0.2, 0.25) is 0 Å². The Labute approximate surface area is 163 Å². The summed E-state index contributed by atoms with van der Waals surface area (Å²) in [6.07, 6.45) is 3.40. The van der Waals surface area contributed by atoms with Crippen molar-refractivity contribution in [2.75, 3.05) is 14.1 Å². The zero-order chi connectivity index (χ0) is 16.8. The lowest BCUT2D eigenvalue weighted by Gasteiger charge is -2.20. The quantitative estimate of drug-likeness (QED) is 0.354. The predicted molar refractivity (Wildman–Crippen MR) is 108 cm³/mol. The molecule has 1 aromatic carbocycles. The van der Waals surface area contributed by atoms with Crippen LogP contribution < -0.4 is 5.32 Å². The van der Waals surface area contributed by atoms with Crippen LogP contribution in [0.4, 0.5) is 0 Å². The molecule has 8 heteroatoms. The first kappa shape index (κ1) is 19.0.